The monoisotopic (exact) mass is 270 g/mol. The average molecular weight is 271 g/mol. The third-order valence-electron chi connectivity index (χ3n) is 2.21. The Labute approximate surface area is 114 Å². The molecule has 0 fully saturated rings. The van der Waals surface area contributed by atoms with E-state index in [1.54, 1.807) is 53.5 Å². The zero-order chi connectivity index (χ0) is 13.7. The molecule has 1 aromatic carbocycles. The van der Waals surface area contributed by atoms with Crippen LogP contribution in [0.4, 0.5) is 5.69 Å². The second-order valence-corrected chi connectivity index (χ2v) is 3.84. The number of benzene rings is 1. The summed E-state index contributed by atoms with van der Waals surface area (Å²) in [6.45, 7) is 0. The molecule has 0 aliphatic heterocycles. The molecule has 2 rings (SSSR count). The molecule has 6 nitrogen and oxygen atoms in total. The van der Waals surface area contributed by atoms with Crippen LogP contribution in [0.15, 0.2) is 41.8 Å². The standard InChI is InChI=1S/C12H7ClN6/c13-9-2-3-12(19-5-1-4-16-19)11(6-9)18-17-10(7-14)8-15/h1-6,18H. The van der Waals surface area contributed by atoms with Crippen LogP contribution in [-0.2, 0) is 0 Å². The van der Waals surface area contributed by atoms with Gasteiger partial charge in [0.1, 0.15) is 12.1 Å². The lowest BCUT2D eigenvalue weighted by molar-refractivity contribution is 0.881. The second-order valence-electron chi connectivity index (χ2n) is 3.41. The summed E-state index contributed by atoms with van der Waals surface area (Å²) in [4.78, 5) is 0. The van der Waals surface area contributed by atoms with E-state index in [0.29, 0.717) is 16.4 Å². The molecular formula is C12H7ClN6. The molecule has 0 saturated carbocycles. The highest BCUT2D eigenvalue weighted by Crippen LogP contribution is 2.24. The van der Waals surface area contributed by atoms with Gasteiger partial charge in [0.15, 0.2) is 0 Å². The highest BCUT2D eigenvalue weighted by molar-refractivity contribution is 6.31. The van der Waals surface area contributed by atoms with Crippen molar-refractivity contribution in [1.29, 1.82) is 10.5 Å². The number of nitrogens with zero attached hydrogens (tertiary/aromatic N) is 5. The lowest BCUT2D eigenvalue weighted by atomic mass is 10.2. The normalized spacial score (nSPS) is 9.21. The summed E-state index contributed by atoms with van der Waals surface area (Å²) < 4.78 is 1.62. The van der Waals surface area contributed by atoms with Crippen molar-refractivity contribution >= 4 is 23.0 Å². The van der Waals surface area contributed by atoms with Crippen molar-refractivity contribution in [3.05, 3.63) is 41.7 Å². The average Bonchev–Trinajstić information content (AvgIpc) is 2.94. The largest absolute Gasteiger partial charge is 0.274 e. The Balaban J connectivity index is 2.40. The van der Waals surface area contributed by atoms with E-state index in [4.69, 9.17) is 22.1 Å². The van der Waals surface area contributed by atoms with Gasteiger partial charge in [0, 0.05) is 17.4 Å². The van der Waals surface area contributed by atoms with E-state index in [2.05, 4.69) is 15.6 Å². The molecule has 19 heavy (non-hydrogen) atoms. The van der Waals surface area contributed by atoms with E-state index >= 15 is 0 Å². The van der Waals surface area contributed by atoms with Gasteiger partial charge in [-0.2, -0.15) is 20.7 Å². The number of hydrogen-bond donors (Lipinski definition) is 1. The van der Waals surface area contributed by atoms with Gasteiger partial charge >= 0.3 is 0 Å². The molecule has 1 heterocycles. The first-order valence-corrected chi connectivity index (χ1v) is 5.56. The predicted molar refractivity (Wildman–Crippen MR) is 70.9 cm³/mol. The Hall–Kier alpha value is -2.83. The number of anilines is 1. The predicted octanol–water partition coefficient (Wildman–Crippen LogP) is 2.34. The molecule has 0 spiro atoms. The van der Waals surface area contributed by atoms with Crippen LogP contribution >= 0.6 is 11.6 Å². The van der Waals surface area contributed by atoms with Crippen molar-refractivity contribution in [3.8, 4) is 17.8 Å². The van der Waals surface area contributed by atoms with E-state index in [0.717, 1.165) is 0 Å². The number of rotatable bonds is 3. The van der Waals surface area contributed by atoms with Crippen molar-refractivity contribution in [1.82, 2.24) is 9.78 Å². The summed E-state index contributed by atoms with van der Waals surface area (Å²) in [6.07, 6.45) is 3.39. The molecule has 7 heteroatoms. The maximum Gasteiger partial charge on any atom is 0.237 e. The van der Waals surface area contributed by atoms with Crippen LogP contribution in [0, 0.1) is 22.7 Å². The molecule has 2 aromatic rings. The van der Waals surface area contributed by atoms with E-state index in [-0.39, 0.29) is 5.71 Å². The van der Waals surface area contributed by atoms with Crippen LogP contribution in [0.5, 0.6) is 0 Å². The summed E-state index contributed by atoms with van der Waals surface area (Å²) in [5.41, 5.74) is 3.61. The van der Waals surface area contributed by atoms with Gasteiger partial charge in [0.2, 0.25) is 5.71 Å². The van der Waals surface area contributed by atoms with Crippen LogP contribution in [0.1, 0.15) is 0 Å². The lowest BCUT2D eigenvalue weighted by Gasteiger charge is -2.09. The zero-order valence-electron chi connectivity index (χ0n) is 9.58. The Morgan fingerprint density at radius 1 is 1.37 bits per heavy atom. The fourth-order valence-corrected chi connectivity index (χ4v) is 1.57. The molecule has 92 valence electrons. The van der Waals surface area contributed by atoms with E-state index < -0.39 is 0 Å². The molecule has 0 atom stereocenters. The first-order chi connectivity index (χ1) is 9.24. The molecular weight excluding hydrogens is 264 g/mol. The van der Waals surface area contributed by atoms with Crippen molar-refractivity contribution in [2.45, 2.75) is 0 Å². The Kier molecular flexibility index (Phi) is 3.77. The third kappa shape index (κ3) is 2.89. The Morgan fingerprint density at radius 2 is 2.16 bits per heavy atom. The van der Waals surface area contributed by atoms with Gasteiger partial charge in [-0.3, -0.25) is 5.43 Å². The summed E-state index contributed by atoms with van der Waals surface area (Å²) in [6, 6.07) is 10.2. The van der Waals surface area contributed by atoms with Gasteiger partial charge in [-0.1, -0.05) is 11.6 Å². The number of aromatic nitrogens is 2. The fourth-order valence-electron chi connectivity index (χ4n) is 1.40. The summed E-state index contributed by atoms with van der Waals surface area (Å²) >= 11 is 5.91. The maximum atomic E-state index is 8.63. The molecule has 0 aliphatic carbocycles. The van der Waals surface area contributed by atoms with Crippen molar-refractivity contribution in [2.24, 2.45) is 5.10 Å². The molecule has 0 radical (unpaired) electrons. The number of nitrogens with one attached hydrogen (secondary N) is 1. The molecule has 1 aromatic heterocycles. The van der Waals surface area contributed by atoms with E-state index in [1.807, 2.05) is 0 Å². The third-order valence-corrected chi connectivity index (χ3v) is 2.44. The molecule has 0 amide bonds. The molecule has 0 saturated heterocycles. The molecule has 0 aliphatic rings. The van der Waals surface area contributed by atoms with Crippen LogP contribution in [0.2, 0.25) is 5.02 Å². The summed E-state index contributed by atoms with van der Waals surface area (Å²) in [7, 11) is 0. The van der Waals surface area contributed by atoms with Gasteiger partial charge in [-0.15, -0.1) is 0 Å². The van der Waals surface area contributed by atoms with Gasteiger partial charge < -0.3 is 0 Å². The minimum absolute atomic E-state index is 0.272. The van der Waals surface area contributed by atoms with Crippen molar-refractivity contribution in [2.75, 3.05) is 5.43 Å². The lowest BCUT2D eigenvalue weighted by Crippen LogP contribution is -2.02. The number of hydrazone groups is 1. The smallest absolute Gasteiger partial charge is 0.237 e. The topological polar surface area (TPSA) is 89.8 Å². The fraction of sp³-hybridized carbons (Fsp3) is 0. The minimum Gasteiger partial charge on any atom is -0.274 e. The van der Waals surface area contributed by atoms with Gasteiger partial charge in [-0.05, 0) is 24.3 Å². The highest BCUT2D eigenvalue weighted by Gasteiger charge is 2.06. The minimum atomic E-state index is -0.272. The Morgan fingerprint density at radius 3 is 2.79 bits per heavy atom. The number of halogens is 1. The van der Waals surface area contributed by atoms with Crippen molar-refractivity contribution in [3.63, 3.8) is 0 Å². The van der Waals surface area contributed by atoms with Crippen LogP contribution in [-0.4, -0.2) is 15.5 Å². The highest BCUT2D eigenvalue weighted by atomic mass is 35.5. The molecule has 0 unspecified atom stereocenters. The summed E-state index contributed by atoms with van der Waals surface area (Å²) in [5.74, 6) is 0. The van der Waals surface area contributed by atoms with Gasteiger partial charge in [0.25, 0.3) is 0 Å². The first kappa shape index (κ1) is 12.6. The zero-order valence-corrected chi connectivity index (χ0v) is 10.3. The Bertz CT molecular complexity index is 674. The maximum absolute atomic E-state index is 8.63. The van der Waals surface area contributed by atoms with Crippen LogP contribution < -0.4 is 5.43 Å². The van der Waals surface area contributed by atoms with E-state index in [9.17, 15) is 0 Å². The van der Waals surface area contributed by atoms with Gasteiger partial charge in [0.05, 0.1) is 11.4 Å². The molecule has 0 bridgehead atoms. The molecule has 1 N–H and O–H groups in total. The van der Waals surface area contributed by atoms with Crippen LogP contribution in [0.3, 0.4) is 0 Å². The number of nitriles is 2. The quantitative estimate of drug-likeness (QED) is 0.685. The first-order valence-electron chi connectivity index (χ1n) is 5.18. The van der Waals surface area contributed by atoms with Crippen LogP contribution in [0.25, 0.3) is 5.69 Å². The van der Waals surface area contributed by atoms with Crippen molar-refractivity contribution < 1.29 is 0 Å². The SMILES string of the molecule is N#CC(C#N)=NNc1cc(Cl)ccc1-n1cccn1. The summed E-state index contributed by atoms with van der Waals surface area (Å²) in [5, 5.41) is 25.5. The second kappa shape index (κ2) is 5.67. The van der Waals surface area contributed by atoms with Gasteiger partial charge in [-0.25, -0.2) is 4.68 Å². The number of hydrogen-bond acceptors (Lipinski definition) is 5. The van der Waals surface area contributed by atoms with E-state index in [1.165, 1.54) is 0 Å².